The Morgan fingerprint density at radius 2 is 1.24 bits per heavy atom. The SMILES string of the molecule is CCCCCCC(=C=C(C)C)c1cc(C(C)(C)C)cc(C(=C=C(C)C)CCCCCC)c1-n1cccn1. The molecule has 1 heterocycles. The maximum absolute atomic E-state index is 4.76. The summed E-state index contributed by atoms with van der Waals surface area (Å²) in [5.41, 5.74) is 17.7. The van der Waals surface area contributed by atoms with Crippen molar-refractivity contribution in [3.8, 4) is 5.69 Å². The van der Waals surface area contributed by atoms with Crippen molar-refractivity contribution in [2.45, 2.75) is 132 Å². The van der Waals surface area contributed by atoms with Gasteiger partial charge < -0.3 is 0 Å². The highest BCUT2D eigenvalue weighted by Gasteiger charge is 2.23. The fourth-order valence-corrected chi connectivity index (χ4v) is 4.77. The molecule has 1 aromatic heterocycles. The molecule has 2 heteroatoms. The summed E-state index contributed by atoms with van der Waals surface area (Å²) in [6.07, 6.45) is 16.0. The highest BCUT2D eigenvalue weighted by Crippen LogP contribution is 2.38. The molecule has 0 amide bonds. The largest absolute Gasteiger partial charge is 0.240 e. The predicted molar refractivity (Wildman–Crippen MR) is 163 cm³/mol. The van der Waals surface area contributed by atoms with Crippen molar-refractivity contribution in [2.75, 3.05) is 0 Å². The van der Waals surface area contributed by atoms with Gasteiger partial charge in [0.05, 0.1) is 5.69 Å². The van der Waals surface area contributed by atoms with Crippen LogP contribution in [0.25, 0.3) is 16.8 Å². The average molecular weight is 501 g/mol. The molecule has 0 saturated carbocycles. The van der Waals surface area contributed by atoms with Crippen LogP contribution in [0.1, 0.15) is 143 Å². The van der Waals surface area contributed by atoms with Crippen molar-refractivity contribution < 1.29 is 0 Å². The zero-order valence-electron chi connectivity index (χ0n) is 25.4. The first-order valence-electron chi connectivity index (χ1n) is 14.6. The van der Waals surface area contributed by atoms with Crippen molar-refractivity contribution in [1.82, 2.24) is 9.78 Å². The van der Waals surface area contributed by atoms with Crippen LogP contribution in [0.5, 0.6) is 0 Å². The number of rotatable bonds is 13. The lowest BCUT2D eigenvalue weighted by Crippen LogP contribution is -2.15. The summed E-state index contributed by atoms with van der Waals surface area (Å²) < 4.78 is 2.08. The van der Waals surface area contributed by atoms with Gasteiger partial charge in [-0.3, -0.25) is 0 Å². The molecule has 0 fully saturated rings. The van der Waals surface area contributed by atoms with Crippen LogP contribution in [-0.4, -0.2) is 9.78 Å². The van der Waals surface area contributed by atoms with Crippen molar-refractivity contribution in [1.29, 1.82) is 0 Å². The fourth-order valence-electron chi connectivity index (χ4n) is 4.77. The quantitative estimate of drug-likeness (QED) is 0.197. The van der Waals surface area contributed by atoms with Crippen LogP contribution in [0.4, 0.5) is 0 Å². The second-order valence-corrected chi connectivity index (χ2v) is 11.9. The molecule has 0 bridgehead atoms. The van der Waals surface area contributed by atoms with E-state index < -0.39 is 0 Å². The molecular weight excluding hydrogens is 448 g/mol. The number of hydrogen-bond donors (Lipinski definition) is 0. The maximum atomic E-state index is 4.76. The minimum absolute atomic E-state index is 0.0305. The summed E-state index contributed by atoms with van der Waals surface area (Å²) >= 11 is 0. The van der Waals surface area contributed by atoms with Crippen LogP contribution in [0.3, 0.4) is 0 Å². The van der Waals surface area contributed by atoms with Gasteiger partial charge in [0.15, 0.2) is 0 Å². The third-order valence-corrected chi connectivity index (χ3v) is 6.72. The topological polar surface area (TPSA) is 17.8 Å². The molecule has 1 aromatic carbocycles. The van der Waals surface area contributed by atoms with Crippen molar-refractivity contribution in [3.63, 3.8) is 0 Å². The monoisotopic (exact) mass is 500 g/mol. The molecule has 0 atom stereocenters. The molecule has 37 heavy (non-hydrogen) atoms. The van der Waals surface area contributed by atoms with Crippen molar-refractivity contribution in [2.24, 2.45) is 0 Å². The van der Waals surface area contributed by atoms with Crippen LogP contribution < -0.4 is 0 Å². The van der Waals surface area contributed by atoms with Gasteiger partial charge in [0.1, 0.15) is 0 Å². The van der Waals surface area contributed by atoms with Gasteiger partial charge in [-0.1, -0.05) is 73.1 Å². The molecule has 2 nitrogen and oxygen atoms in total. The lowest BCUT2D eigenvalue weighted by molar-refractivity contribution is 0.589. The van der Waals surface area contributed by atoms with E-state index in [1.54, 1.807) is 0 Å². The van der Waals surface area contributed by atoms with E-state index in [4.69, 9.17) is 5.10 Å². The summed E-state index contributed by atoms with van der Waals surface area (Å²) in [5.74, 6) is 0. The molecule has 0 N–H and O–H groups in total. The number of nitrogens with zero attached hydrogens (tertiary/aromatic N) is 2. The van der Waals surface area contributed by atoms with Crippen LogP contribution in [0.15, 0.2) is 53.2 Å². The van der Waals surface area contributed by atoms with E-state index in [0.29, 0.717) is 0 Å². The van der Waals surface area contributed by atoms with Gasteiger partial charge in [-0.05, 0) is 93.7 Å². The van der Waals surface area contributed by atoms with E-state index in [0.717, 1.165) is 12.8 Å². The standard InChI is InChI=1S/C35H52N2/c1-10-12-14-16-19-29(23-27(3)4)32-25-31(35(7,8)9)26-33(34(32)37-22-18-21-36-37)30(24-28(5)6)20-17-15-13-11-2/h18,21-22,25-26H,10-17,19-20H2,1-9H3. The number of unbranched alkanes of at least 4 members (excludes halogenated alkanes) is 6. The molecule has 0 aliphatic carbocycles. The van der Waals surface area contributed by atoms with Gasteiger partial charge in [-0.15, -0.1) is 11.5 Å². The molecule has 0 aliphatic heterocycles. The Kier molecular flexibility index (Phi) is 12.5. The fraction of sp³-hybridized carbons (Fsp3) is 0.571. The molecular formula is C35H52N2. The van der Waals surface area contributed by atoms with Gasteiger partial charge >= 0.3 is 0 Å². The minimum atomic E-state index is 0.0305. The summed E-state index contributed by atoms with van der Waals surface area (Å²) in [6.45, 7) is 20.2. The molecule has 0 aliphatic rings. The molecule has 202 valence electrons. The van der Waals surface area contributed by atoms with Gasteiger partial charge in [0, 0.05) is 34.7 Å². The maximum Gasteiger partial charge on any atom is 0.0808 e. The normalized spacial score (nSPS) is 11.2. The van der Waals surface area contributed by atoms with E-state index in [2.05, 4.69) is 96.8 Å². The van der Waals surface area contributed by atoms with Gasteiger partial charge in [-0.25, -0.2) is 4.68 Å². The zero-order valence-corrected chi connectivity index (χ0v) is 25.4. The second kappa shape index (κ2) is 15.0. The molecule has 0 radical (unpaired) electrons. The first-order chi connectivity index (χ1) is 17.6. The lowest BCUT2D eigenvalue weighted by Gasteiger charge is -2.25. The van der Waals surface area contributed by atoms with Crippen LogP contribution in [0.2, 0.25) is 0 Å². The first kappa shape index (κ1) is 30.7. The Hall–Kier alpha value is -2.53. The highest BCUT2D eigenvalue weighted by molar-refractivity contribution is 5.82. The summed E-state index contributed by atoms with van der Waals surface area (Å²) in [5, 5.41) is 4.76. The van der Waals surface area contributed by atoms with Gasteiger partial charge in [-0.2, -0.15) is 5.10 Å². The molecule has 0 saturated heterocycles. The van der Waals surface area contributed by atoms with E-state index in [-0.39, 0.29) is 5.41 Å². The Morgan fingerprint density at radius 3 is 1.59 bits per heavy atom. The Morgan fingerprint density at radius 1 is 0.757 bits per heavy atom. The molecule has 2 rings (SSSR count). The Bertz CT molecular complexity index is 1050. The number of hydrogen-bond acceptors (Lipinski definition) is 1. The van der Waals surface area contributed by atoms with Crippen molar-refractivity contribution in [3.05, 3.63) is 69.9 Å². The highest BCUT2D eigenvalue weighted by atomic mass is 15.3. The van der Waals surface area contributed by atoms with Crippen LogP contribution >= 0.6 is 0 Å². The Labute approximate surface area is 228 Å². The third kappa shape index (κ3) is 9.70. The number of aromatic nitrogens is 2. The summed E-state index contributed by atoms with van der Waals surface area (Å²) in [4.78, 5) is 0. The van der Waals surface area contributed by atoms with Gasteiger partial charge in [0.2, 0.25) is 0 Å². The zero-order chi connectivity index (χ0) is 27.4. The van der Waals surface area contributed by atoms with Crippen molar-refractivity contribution >= 4 is 11.1 Å². The molecule has 0 spiro atoms. The van der Waals surface area contributed by atoms with E-state index in [1.165, 1.54) is 96.0 Å². The first-order valence-corrected chi connectivity index (χ1v) is 14.6. The third-order valence-electron chi connectivity index (χ3n) is 6.72. The molecule has 0 unspecified atom stereocenters. The Balaban J connectivity index is 2.91. The number of benzene rings is 1. The van der Waals surface area contributed by atoms with Crippen LogP contribution in [0, 0.1) is 0 Å². The van der Waals surface area contributed by atoms with E-state index in [9.17, 15) is 0 Å². The lowest BCUT2D eigenvalue weighted by atomic mass is 9.81. The summed E-state index contributed by atoms with van der Waals surface area (Å²) in [6, 6.07) is 6.87. The molecule has 2 aromatic rings. The summed E-state index contributed by atoms with van der Waals surface area (Å²) in [7, 11) is 0. The van der Waals surface area contributed by atoms with Crippen LogP contribution in [-0.2, 0) is 5.41 Å². The smallest absolute Gasteiger partial charge is 0.0808 e. The van der Waals surface area contributed by atoms with E-state index in [1.807, 2.05) is 12.3 Å². The second-order valence-electron chi connectivity index (χ2n) is 11.9. The number of allylic oxidation sites excluding steroid dienone is 2. The van der Waals surface area contributed by atoms with E-state index >= 15 is 0 Å². The van der Waals surface area contributed by atoms with Gasteiger partial charge in [0.25, 0.3) is 0 Å². The predicted octanol–water partition coefficient (Wildman–Crippen LogP) is 11.0. The minimum Gasteiger partial charge on any atom is -0.240 e. The average Bonchev–Trinajstić information content (AvgIpc) is 3.35.